The maximum atomic E-state index is 11.3. The van der Waals surface area contributed by atoms with Gasteiger partial charge in [-0.25, -0.2) is 0 Å². The van der Waals surface area contributed by atoms with Crippen molar-refractivity contribution in [3.05, 3.63) is 11.7 Å². The first kappa shape index (κ1) is 14.6. The van der Waals surface area contributed by atoms with Gasteiger partial charge in [0, 0.05) is 6.42 Å². The van der Waals surface area contributed by atoms with Crippen molar-refractivity contribution in [2.75, 3.05) is 20.2 Å². The molecule has 0 aromatic carbocycles. The Hall–Kier alpha value is -1.43. The number of carbonyl (C=O) groups is 1. The summed E-state index contributed by atoms with van der Waals surface area (Å²) in [6, 6.07) is 0. The highest BCUT2D eigenvalue weighted by Crippen LogP contribution is 2.06. The molecule has 0 bridgehead atoms. The first-order chi connectivity index (χ1) is 8.51. The minimum atomic E-state index is -0.248. The highest BCUT2D eigenvalue weighted by atomic mass is 16.5. The summed E-state index contributed by atoms with van der Waals surface area (Å²) < 4.78 is 9.98. The van der Waals surface area contributed by atoms with Crippen LogP contribution >= 0.6 is 0 Å². The fourth-order valence-corrected chi connectivity index (χ4v) is 1.52. The lowest BCUT2D eigenvalue weighted by molar-refractivity contribution is -0.144. The zero-order valence-corrected chi connectivity index (χ0v) is 11.5. The highest BCUT2D eigenvalue weighted by molar-refractivity contribution is 5.71. The fourth-order valence-electron chi connectivity index (χ4n) is 1.52. The number of rotatable bonds is 7. The van der Waals surface area contributed by atoms with E-state index in [2.05, 4.69) is 24.0 Å². The Morgan fingerprint density at radius 1 is 1.50 bits per heavy atom. The monoisotopic (exact) mass is 255 g/mol. The molecule has 1 rings (SSSR count). The fraction of sp³-hybridized carbons (Fsp3) is 0.750. The van der Waals surface area contributed by atoms with E-state index in [4.69, 9.17) is 9.26 Å². The number of aromatic nitrogens is 2. The number of hydrogen-bond donors (Lipinski definition) is 0. The van der Waals surface area contributed by atoms with Crippen molar-refractivity contribution in [2.45, 2.75) is 33.7 Å². The quantitative estimate of drug-likeness (QED) is 0.683. The lowest BCUT2D eigenvalue weighted by Gasteiger charge is -2.12. The van der Waals surface area contributed by atoms with E-state index in [1.807, 2.05) is 7.05 Å². The molecule has 0 atom stereocenters. The Balaban J connectivity index is 2.41. The van der Waals surface area contributed by atoms with Crippen LogP contribution in [-0.4, -0.2) is 41.2 Å². The second-order valence-corrected chi connectivity index (χ2v) is 4.68. The van der Waals surface area contributed by atoms with E-state index < -0.39 is 0 Å². The Morgan fingerprint density at radius 3 is 2.83 bits per heavy atom. The predicted molar refractivity (Wildman–Crippen MR) is 65.8 cm³/mol. The number of likely N-dealkylation sites (N-methyl/N-ethyl adjacent to an activating group) is 1. The average molecular weight is 255 g/mol. The Bertz CT molecular complexity index is 376. The molecule has 102 valence electrons. The normalized spacial score (nSPS) is 11.2. The van der Waals surface area contributed by atoms with Gasteiger partial charge in [-0.05, 0) is 19.9 Å². The molecule has 1 aromatic heterocycles. The van der Waals surface area contributed by atoms with Gasteiger partial charge in [-0.2, -0.15) is 4.98 Å². The van der Waals surface area contributed by atoms with Gasteiger partial charge in [-0.1, -0.05) is 19.0 Å². The van der Waals surface area contributed by atoms with Gasteiger partial charge in [-0.15, -0.1) is 0 Å². The minimum Gasteiger partial charge on any atom is -0.465 e. The summed E-state index contributed by atoms with van der Waals surface area (Å²) in [5.41, 5.74) is 0. The van der Waals surface area contributed by atoms with Gasteiger partial charge in [-0.3, -0.25) is 9.69 Å². The first-order valence-electron chi connectivity index (χ1n) is 6.16. The number of nitrogens with zero attached hydrogens (tertiary/aromatic N) is 3. The molecule has 1 aromatic rings. The number of hydrogen-bond acceptors (Lipinski definition) is 6. The molecule has 0 radical (unpaired) electrons. The van der Waals surface area contributed by atoms with Crippen molar-refractivity contribution in [1.29, 1.82) is 0 Å². The Morgan fingerprint density at radius 2 is 2.22 bits per heavy atom. The van der Waals surface area contributed by atoms with Crippen molar-refractivity contribution in [3.8, 4) is 0 Å². The third-order valence-electron chi connectivity index (χ3n) is 2.21. The molecule has 0 amide bonds. The first-order valence-corrected chi connectivity index (χ1v) is 6.16. The van der Waals surface area contributed by atoms with Crippen LogP contribution in [0.25, 0.3) is 0 Å². The van der Waals surface area contributed by atoms with Crippen molar-refractivity contribution >= 4 is 5.97 Å². The van der Waals surface area contributed by atoms with E-state index in [1.54, 1.807) is 11.8 Å². The van der Waals surface area contributed by atoms with Gasteiger partial charge in [0.2, 0.25) is 5.89 Å². The SMILES string of the molecule is CCOC(=O)CN(C)Cc1nc(CC(C)C)no1. The molecule has 6 heteroatoms. The molecule has 0 aliphatic rings. The summed E-state index contributed by atoms with van der Waals surface area (Å²) in [4.78, 5) is 17.3. The topological polar surface area (TPSA) is 68.5 Å². The summed E-state index contributed by atoms with van der Waals surface area (Å²) in [6.45, 7) is 7.05. The van der Waals surface area contributed by atoms with Gasteiger partial charge in [0.15, 0.2) is 5.82 Å². The number of esters is 1. The summed E-state index contributed by atoms with van der Waals surface area (Å²) in [7, 11) is 1.81. The summed E-state index contributed by atoms with van der Waals surface area (Å²) in [6.07, 6.45) is 0.797. The molecule has 0 spiro atoms. The third kappa shape index (κ3) is 5.27. The van der Waals surface area contributed by atoms with E-state index in [0.29, 0.717) is 30.8 Å². The maximum Gasteiger partial charge on any atom is 0.320 e. The predicted octanol–water partition coefficient (Wildman–Crippen LogP) is 1.26. The summed E-state index contributed by atoms with van der Waals surface area (Å²) in [5, 5.41) is 3.90. The van der Waals surface area contributed by atoms with Crippen LogP contribution in [0.3, 0.4) is 0 Å². The molecular formula is C12H21N3O3. The summed E-state index contributed by atoms with van der Waals surface area (Å²) >= 11 is 0. The van der Waals surface area contributed by atoms with Crippen LogP contribution in [0, 0.1) is 5.92 Å². The molecule has 0 fully saturated rings. The second-order valence-electron chi connectivity index (χ2n) is 4.68. The van der Waals surface area contributed by atoms with Crippen LogP contribution < -0.4 is 0 Å². The van der Waals surface area contributed by atoms with Crippen molar-refractivity contribution in [3.63, 3.8) is 0 Å². The van der Waals surface area contributed by atoms with Crippen LogP contribution in [0.2, 0.25) is 0 Å². The van der Waals surface area contributed by atoms with Crippen molar-refractivity contribution < 1.29 is 14.1 Å². The van der Waals surface area contributed by atoms with Crippen LogP contribution in [0.1, 0.15) is 32.5 Å². The Labute approximate surface area is 107 Å². The standard InChI is InChI=1S/C12H21N3O3/c1-5-17-12(16)8-15(4)7-11-13-10(14-18-11)6-9(2)3/h9H,5-8H2,1-4H3. The van der Waals surface area contributed by atoms with Crippen LogP contribution in [0.4, 0.5) is 0 Å². The average Bonchev–Trinajstić information content (AvgIpc) is 2.64. The second kappa shape index (κ2) is 7.10. The van der Waals surface area contributed by atoms with E-state index in [9.17, 15) is 4.79 Å². The molecule has 0 saturated heterocycles. The molecule has 1 heterocycles. The lowest BCUT2D eigenvalue weighted by atomic mass is 10.1. The van der Waals surface area contributed by atoms with Crippen molar-refractivity contribution in [1.82, 2.24) is 15.0 Å². The highest BCUT2D eigenvalue weighted by Gasteiger charge is 2.12. The molecular weight excluding hydrogens is 234 g/mol. The molecule has 0 aliphatic carbocycles. The largest absolute Gasteiger partial charge is 0.465 e. The minimum absolute atomic E-state index is 0.218. The zero-order valence-electron chi connectivity index (χ0n) is 11.5. The van der Waals surface area contributed by atoms with Gasteiger partial charge in [0.25, 0.3) is 0 Å². The molecule has 0 N–H and O–H groups in total. The molecule has 0 aliphatic heterocycles. The lowest BCUT2D eigenvalue weighted by Crippen LogP contribution is -2.27. The summed E-state index contributed by atoms with van der Waals surface area (Å²) in [5.74, 6) is 1.48. The maximum absolute atomic E-state index is 11.3. The van der Waals surface area contributed by atoms with Gasteiger partial charge in [0.1, 0.15) is 0 Å². The van der Waals surface area contributed by atoms with Crippen molar-refractivity contribution in [2.24, 2.45) is 5.92 Å². The Kier molecular flexibility index (Phi) is 5.77. The van der Waals surface area contributed by atoms with E-state index >= 15 is 0 Å². The van der Waals surface area contributed by atoms with E-state index in [-0.39, 0.29) is 12.5 Å². The number of carbonyl (C=O) groups excluding carboxylic acids is 1. The van der Waals surface area contributed by atoms with E-state index in [0.717, 1.165) is 6.42 Å². The van der Waals surface area contributed by atoms with Crippen LogP contribution in [0.15, 0.2) is 4.52 Å². The van der Waals surface area contributed by atoms with Gasteiger partial charge in [0.05, 0.1) is 19.7 Å². The molecule has 18 heavy (non-hydrogen) atoms. The van der Waals surface area contributed by atoms with E-state index in [1.165, 1.54) is 0 Å². The van der Waals surface area contributed by atoms with Gasteiger partial charge >= 0.3 is 5.97 Å². The molecule has 0 unspecified atom stereocenters. The van der Waals surface area contributed by atoms with Crippen LogP contribution in [0.5, 0.6) is 0 Å². The molecule has 0 saturated carbocycles. The third-order valence-corrected chi connectivity index (χ3v) is 2.21. The smallest absolute Gasteiger partial charge is 0.320 e. The van der Waals surface area contributed by atoms with Gasteiger partial charge < -0.3 is 9.26 Å². The number of ether oxygens (including phenoxy) is 1. The molecule has 6 nitrogen and oxygen atoms in total. The zero-order chi connectivity index (χ0) is 13.5. The van der Waals surface area contributed by atoms with Crippen LogP contribution in [-0.2, 0) is 22.5 Å².